The third-order valence-corrected chi connectivity index (χ3v) is 3.84. The van der Waals surface area contributed by atoms with Gasteiger partial charge in [-0.1, -0.05) is 6.92 Å². The molecule has 3 rings (SSSR count). The quantitative estimate of drug-likeness (QED) is 0.904. The molecule has 1 aliphatic heterocycles. The van der Waals surface area contributed by atoms with Gasteiger partial charge in [0, 0.05) is 5.56 Å². The second-order valence-corrected chi connectivity index (χ2v) is 5.15. The van der Waals surface area contributed by atoms with Crippen molar-refractivity contribution in [2.75, 3.05) is 18.9 Å². The number of fused-ring (bicyclic) bond motifs is 1. The molecule has 0 spiro atoms. The highest BCUT2D eigenvalue weighted by Crippen LogP contribution is 2.37. The van der Waals surface area contributed by atoms with Gasteiger partial charge in [0.1, 0.15) is 23.9 Å². The van der Waals surface area contributed by atoms with E-state index < -0.39 is 0 Å². The molecule has 2 heterocycles. The maximum atomic E-state index is 6.01. The molecule has 0 radical (unpaired) electrons. The molecule has 0 bridgehead atoms. The van der Waals surface area contributed by atoms with Gasteiger partial charge in [-0.3, -0.25) is 0 Å². The Labute approximate surface area is 109 Å². The van der Waals surface area contributed by atoms with Crippen LogP contribution in [0.25, 0.3) is 11.3 Å². The molecule has 2 N–H and O–H groups in total. The van der Waals surface area contributed by atoms with Gasteiger partial charge in [-0.15, -0.1) is 11.3 Å². The second kappa shape index (κ2) is 4.49. The third-order valence-electron chi connectivity index (χ3n) is 2.82. The first kappa shape index (κ1) is 11.3. The zero-order valence-electron chi connectivity index (χ0n) is 10.1. The van der Waals surface area contributed by atoms with E-state index in [0.717, 1.165) is 39.2 Å². The number of nitrogen functional groups attached to an aromatic ring is 1. The normalized spacial score (nSPS) is 13.6. The number of benzene rings is 1. The van der Waals surface area contributed by atoms with Crippen molar-refractivity contribution in [1.82, 2.24) is 4.98 Å². The number of hydrogen-bond acceptors (Lipinski definition) is 5. The molecule has 0 unspecified atom stereocenters. The summed E-state index contributed by atoms with van der Waals surface area (Å²) >= 11 is 1.54. The standard InChI is InChI=1S/C13H14N2O2S/c1-2-11-15-12(13(14)18-11)8-3-4-9-10(7-8)17-6-5-16-9/h3-4,7H,2,5-6,14H2,1H3. The van der Waals surface area contributed by atoms with Crippen LogP contribution in [0.3, 0.4) is 0 Å². The zero-order chi connectivity index (χ0) is 12.5. The molecule has 1 aliphatic rings. The molecule has 18 heavy (non-hydrogen) atoms. The van der Waals surface area contributed by atoms with E-state index in [1.165, 1.54) is 0 Å². The summed E-state index contributed by atoms with van der Waals surface area (Å²) in [7, 11) is 0. The van der Waals surface area contributed by atoms with Crippen LogP contribution < -0.4 is 15.2 Å². The van der Waals surface area contributed by atoms with Crippen LogP contribution in [0, 0.1) is 0 Å². The van der Waals surface area contributed by atoms with Crippen molar-refractivity contribution in [3.8, 4) is 22.8 Å². The lowest BCUT2D eigenvalue weighted by Gasteiger charge is -2.18. The highest BCUT2D eigenvalue weighted by Gasteiger charge is 2.15. The van der Waals surface area contributed by atoms with E-state index in [4.69, 9.17) is 15.2 Å². The summed E-state index contributed by atoms with van der Waals surface area (Å²) in [4.78, 5) is 4.54. The third kappa shape index (κ3) is 1.90. The minimum atomic E-state index is 0.587. The summed E-state index contributed by atoms with van der Waals surface area (Å²) in [5.41, 5.74) is 7.83. The van der Waals surface area contributed by atoms with Crippen LogP contribution in [-0.2, 0) is 6.42 Å². The fourth-order valence-electron chi connectivity index (χ4n) is 1.93. The van der Waals surface area contributed by atoms with Crippen LogP contribution >= 0.6 is 11.3 Å². The molecule has 1 aromatic carbocycles. The van der Waals surface area contributed by atoms with E-state index in [-0.39, 0.29) is 0 Å². The van der Waals surface area contributed by atoms with E-state index >= 15 is 0 Å². The van der Waals surface area contributed by atoms with E-state index in [1.807, 2.05) is 18.2 Å². The minimum absolute atomic E-state index is 0.587. The fraction of sp³-hybridized carbons (Fsp3) is 0.308. The highest BCUT2D eigenvalue weighted by atomic mass is 32.1. The lowest BCUT2D eigenvalue weighted by molar-refractivity contribution is 0.171. The van der Waals surface area contributed by atoms with Crippen molar-refractivity contribution in [1.29, 1.82) is 0 Å². The number of rotatable bonds is 2. The summed E-state index contributed by atoms with van der Waals surface area (Å²) in [5, 5.41) is 1.81. The van der Waals surface area contributed by atoms with Gasteiger partial charge in [0.2, 0.25) is 0 Å². The van der Waals surface area contributed by atoms with Gasteiger partial charge in [-0.05, 0) is 24.6 Å². The Bertz CT molecular complexity index is 580. The van der Waals surface area contributed by atoms with E-state index in [9.17, 15) is 0 Å². The first-order chi connectivity index (χ1) is 8.78. The van der Waals surface area contributed by atoms with Gasteiger partial charge in [-0.2, -0.15) is 0 Å². The molecule has 94 valence electrons. The van der Waals surface area contributed by atoms with Gasteiger partial charge in [-0.25, -0.2) is 4.98 Å². The van der Waals surface area contributed by atoms with E-state index in [1.54, 1.807) is 11.3 Å². The Hall–Kier alpha value is -1.75. The Morgan fingerprint density at radius 1 is 1.28 bits per heavy atom. The molecular weight excluding hydrogens is 248 g/mol. The number of nitrogens with zero attached hydrogens (tertiary/aromatic N) is 1. The highest BCUT2D eigenvalue weighted by molar-refractivity contribution is 7.16. The summed E-state index contributed by atoms with van der Waals surface area (Å²) in [6, 6.07) is 5.83. The summed E-state index contributed by atoms with van der Waals surface area (Å²) in [6.07, 6.45) is 0.902. The maximum Gasteiger partial charge on any atom is 0.162 e. The zero-order valence-corrected chi connectivity index (χ0v) is 10.9. The van der Waals surface area contributed by atoms with E-state index in [2.05, 4.69) is 11.9 Å². The molecule has 4 nitrogen and oxygen atoms in total. The van der Waals surface area contributed by atoms with Gasteiger partial charge in [0.25, 0.3) is 0 Å². The minimum Gasteiger partial charge on any atom is -0.486 e. The Kier molecular flexibility index (Phi) is 2.83. The lowest BCUT2D eigenvalue weighted by atomic mass is 10.1. The molecule has 0 amide bonds. The van der Waals surface area contributed by atoms with Crippen molar-refractivity contribution >= 4 is 16.3 Å². The summed E-state index contributed by atoms with van der Waals surface area (Å²) in [6.45, 7) is 3.26. The average Bonchev–Trinajstić information content (AvgIpc) is 2.79. The van der Waals surface area contributed by atoms with Gasteiger partial charge in [0.05, 0.1) is 5.01 Å². The average molecular weight is 262 g/mol. The topological polar surface area (TPSA) is 57.4 Å². The molecule has 2 aromatic rings. The Morgan fingerprint density at radius 2 is 2.06 bits per heavy atom. The molecule has 0 saturated carbocycles. The number of anilines is 1. The SMILES string of the molecule is CCc1nc(-c2ccc3c(c2)OCCO3)c(N)s1. The van der Waals surface area contributed by atoms with Crippen molar-refractivity contribution in [2.24, 2.45) is 0 Å². The first-order valence-corrected chi connectivity index (χ1v) is 6.74. The van der Waals surface area contributed by atoms with E-state index in [0.29, 0.717) is 13.2 Å². The number of aryl methyl sites for hydroxylation is 1. The molecule has 1 aromatic heterocycles. The van der Waals surface area contributed by atoms with Crippen LogP contribution in [0.5, 0.6) is 11.5 Å². The summed E-state index contributed by atoms with van der Waals surface area (Å²) < 4.78 is 11.1. The number of aromatic nitrogens is 1. The van der Waals surface area contributed by atoms with Crippen molar-refractivity contribution < 1.29 is 9.47 Å². The number of nitrogens with two attached hydrogens (primary N) is 1. The fourth-order valence-corrected chi connectivity index (χ4v) is 2.72. The van der Waals surface area contributed by atoms with Crippen LogP contribution in [0.2, 0.25) is 0 Å². The number of ether oxygens (including phenoxy) is 2. The molecule has 0 fully saturated rings. The van der Waals surface area contributed by atoms with Gasteiger partial charge in [0.15, 0.2) is 11.5 Å². The van der Waals surface area contributed by atoms with Gasteiger partial charge >= 0.3 is 0 Å². The predicted octanol–water partition coefficient (Wildman–Crippen LogP) is 2.73. The molecule has 5 heteroatoms. The van der Waals surface area contributed by atoms with Crippen LogP contribution in [0.15, 0.2) is 18.2 Å². The van der Waals surface area contributed by atoms with Crippen molar-refractivity contribution in [3.63, 3.8) is 0 Å². The lowest BCUT2D eigenvalue weighted by Crippen LogP contribution is -2.15. The molecule has 0 aliphatic carbocycles. The molecule has 0 atom stereocenters. The monoisotopic (exact) mass is 262 g/mol. The largest absolute Gasteiger partial charge is 0.486 e. The van der Waals surface area contributed by atoms with Crippen molar-refractivity contribution in [3.05, 3.63) is 23.2 Å². The number of hydrogen-bond donors (Lipinski definition) is 1. The van der Waals surface area contributed by atoms with Crippen LogP contribution in [0.4, 0.5) is 5.00 Å². The second-order valence-electron chi connectivity index (χ2n) is 4.03. The van der Waals surface area contributed by atoms with Crippen LogP contribution in [0.1, 0.15) is 11.9 Å². The van der Waals surface area contributed by atoms with Crippen molar-refractivity contribution in [2.45, 2.75) is 13.3 Å². The Morgan fingerprint density at radius 3 is 2.78 bits per heavy atom. The molecule has 0 saturated heterocycles. The number of thiazole rings is 1. The summed E-state index contributed by atoms with van der Waals surface area (Å²) in [5.74, 6) is 1.55. The molecular formula is C13H14N2O2S. The van der Waals surface area contributed by atoms with Gasteiger partial charge < -0.3 is 15.2 Å². The Balaban J connectivity index is 2.03. The first-order valence-electron chi connectivity index (χ1n) is 5.93. The smallest absolute Gasteiger partial charge is 0.162 e. The maximum absolute atomic E-state index is 6.01. The van der Waals surface area contributed by atoms with Crippen LogP contribution in [-0.4, -0.2) is 18.2 Å². The predicted molar refractivity (Wildman–Crippen MR) is 72.3 cm³/mol.